The smallest absolute Gasteiger partial charge is 0.308 e. The maximum Gasteiger partial charge on any atom is 0.308 e. The third-order valence-electron chi connectivity index (χ3n) is 4.06. The quantitative estimate of drug-likeness (QED) is 0.657. The zero-order chi connectivity index (χ0) is 19.9. The Balaban J connectivity index is 1.45. The number of esters is 1. The number of amides is 2. The first-order valence-corrected chi connectivity index (χ1v) is 10.0. The first-order valence-electron chi connectivity index (χ1n) is 8.65. The largest absolute Gasteiger partial charge is 0.456 e. The second-order valence-corrected chi connectivity index (χ2v) is 7.48. The van der Waals surface area contributed by atoms with Crippen LogP contribution in [0, 0.1) is 0 Å². The van der Waals surface area contributed by atoms with E-state index in [1.54, 1.807) is 27.9 Å². The van der Waals surface area contributed by atoms with Crippen LogP contribution in [0.5, 0.6) is 0 Å². The molecular weight excluding hydrogens is 404 g/mol. The molecule has 3 rings (SSSR count). The van der Waals surface area contributed by atoms with Crippen molar-refractivity contribution in [1.29, 1.82) is 0 Å². The molecule has 148 valence electrons. The minimum atomic E-state index is -0.524. The molecule has 1 fully saturated rings. The van der Waals surface area contributed by atoms with E-state index in [0.717, 1.165) is 11.3 Å². The maximum atomic E-state index is 12.1. The lowest BCUT2D eigenvalue weighted by molar-refractivity contribution is -0.147. The Bertz CT molecular complexity index is 873. The Morgan fingerprint density at radius 3 is 2.86 bits per heavy atom. The number of aromatic nitrogens is 2. The summed E-state index contributed by atoms with van der Waals surface area (Å²) >= 11 is 7.39. The molecule has 1 saturated heterocycles. The number of nitrogens with zero attached hydrogens (tertiary/aromatic N) is 3. The number of nitrogens with one attached hydrogen (secondary N) is 1. The number of halogens is 1. The lowest BCUT2D eigenvalue weighted by atomic mass is 10.2. The third kappa shape index (κ3) is 5.49. The second kappa shape index (κ2) is 9.61. The van der Waals surface area contributed by atoms with Gasteiger partial charge in [0.05, 0.1) is 19.2 Å². The number of benzene rings is 1. The first kappa shape index (κ1) is 20.2. The molecule has 0 bridgehead atoms. The van der Waals surface area contributed by atoms with Crippen LogP contribution in [0.15, 0.2) is 36.5 Å². The van der Waals surface area contributed by atoms with E-state index < -0.39 is 18.5 Å². The molecule has 0 radical (unpaired) electrons. The third-order valence-corrected chi connectivity index (χ3v) is 5.32. The average Bonchev–Trinajstić information content (AvgIpc) is 3.29. The van der Waals surface area contributed by atoms with Crippen LogP contribution in [0.2, 0.25) is 5.02 Å². The number of ether oxygens (including phenoxy) is 1. The van der Waals surface area contributed by atoms with E-state index in [1.807, 2.05) is 18.2 Å². The number of hydrogen-bond acceptors (Lipinski definition) is 6. The van der Waals surface area contributed by atoms with Gasteiger partial charge in [0.25, 0.3) is 11.1 Å². The summed E-state index contributed by atoms with van der Waals surface area (Å²) in [4.78, 5) is 36.9. The Morgan fingerprint density at radius 1 is 1.29 bits per heavy atom. The SMILES string of the molecule is O=C(COC(=O)CCN1CCSC1=O)Nc1ccnn1Cc1ccccc1Cl. The Hall–Kier alpha value is -2.52. The van der Waals surface area contributed by atoms with E-state index in [4.69, 9.17) is 16.3 Å². The molecule has 2 amide bonds. The van der Waals surface area contributed by atoms with Gasteiger partial charge in [-0.1, -0.05) is 41.6 Å². The van der Waals surface area contributed by atoms with Crippen molar-refractivity contribution in [3.05, 3.63) is 47.1 Å². The van der Waals surface area contributed by atoms with Crippen LogP contribution < -0.4 is 5.32 Å². The van der Waals surface area contributed by atoms with E-state index >= 15 is 0 Å². The van der Waals surface area contributed by atoms with Gasteiger partial charge in [-0.15, -0.1) is 0 Å². The summed E-state index contributed by atoms with van der Waals surface area (Å²) in [5.74, 6) is 0.213. The van der Waals surface area contributed by atoms with E-state index in [2.05, 4.69) is 10.4 Å². The number of thioether (sulfide) groups is 1. The van der Waals surface area contributed by atoms with Crippen molar-refractivity contribution in [3.63, 3.8) is 0 Å². The minimum Gasteiger partial charge on any atom is -0.456 e. The van der Waals surface area contributed by atoms with Crippen molar-refractivity contribution in [1.82, 2.24) is 14.7 Å². The van der Waals surface area contributed by atoms with Gasteiger partial charge in [-0.3, -0.25) is 14.4 Å². The Morgan fingerprint density at radius 2 is 2.11 bits per heavy atom. The van der Waals surface area contributed by atoms with E-state index in [-0.39, 0.29) is 11.7 Å². The highest BCUT2D eigenvalue weighted by molar-refractivity contribution is 8.13. The van der Waals surface area contributed by atoms with E-state index in [9.17, 15) is 14.4 Å². The predicted octanol–water partition coefficient (Wildman–Crippen LogP) is 2.63. The molecule has 1 aliphatic heterocycles. The monoisotopic (exact) mass is 422 g/mol. The topological polar surface area (TPSA) is 93.5 Å². The molecule has 2 aromatic rings. The molecule has 1 aliphatic rings. The molecule has 8 nitrogen and oxygen atoms in total. The molecule has 0 spiro atoms. The van der Waals surface area contributed by atoms with Gasteiger partial charge < -0.3 is 15.0 Å². The summed E-state index contributed by atoms with van der Waals surface area (Å²) in [7, 11) is 0. The van der Waals surface area contributed by atoms with Crippen molar-refractivity contribution in [2.24, 2.45) is 0 Å². The van der Waals surface area contributed by atoms with Gasteiger partial charge in [0.1, 0.15) is 5.82 Å². The molecule has 0 unspecified atom stereocenters. The van der Waals surface area contributed by atoms with Crippen LogP contribution in [0.1, 0.15) is 12.0 Å². The average molecular weight is 423 g/mol. The van der Waals surface area contributed by atoms with Gasteiger partial charge in [-0.25, -0.2) is 4.68 Å². The highest BCUT2D eigenvalue weighted by Gasteiger charge is 2.21. The summed E-state index contributed by atoms with van der Waals surface area (Å²) in [6, 6.07) is 9.02. The summed E-state index contributed by atoms with van der Waals surface area (Å²) in [6.45, 7) is 0.923. The molecule has 0 aliphatic carbocycles. The summed E-state index contributed by atoms with van der Waals surface area (Å²) in [6.07, 6.45) is 1.62. The molecule has 1 aromatic carbocycles. The number of hydrogen-bond donors (Lipinski definition) is 1. The first-order chi connectivity index (χ1) is 13.5. The molecule has 0 atom stereocenters. The van der Waals surface area contributed by atoms with Gasteiger partial charge in [-0.05, 0) is 11.6 Å². The summed E-state index contributed by atoms with van der Waals surface area (Å²) in [5, 5.41) is 7.42. The fourth-order valence-electron chi connectivity index (χ4n) is 2.61. The predicted molar refractivity (Wildman–Crippen MR) is 106 cm³/mol. The Kier molecular flexibility index (Phi) is 6.94. The van der Waals surface area contributed by atoms with E-state index in [1.165, 1.54) is 11.8 Å². The molecular formula is C18H19ClN4O4S. The standard InChI is InChI=1S/C18H19ClN4O4S/c19-14-4-2-1-3-13(14)11-23-15(5-7-20-23)21-16(24)12-27-17(25)6-8-22-9-10-28-18(22)26/h1-5,7H,6,8-12H2,(H,21,24). The van der Waals surface area contributed by atoms with Crippen molar-refractivity contribution >= 4 is 46.3 Å². The van der Waals surface area contributed by atoms with Crippen LogP contribution in [0.4, 0.5) is 10.6 Å². The molecule has 0 saturated carbocycles. The van der Waals surface area contributed by atoms with Gasteiger partial charge in [0.2, 0.25) is 0 Å². The second-order valence-electron chi connectivity index (χ2n) is 6.03. The van der Waals surface area contributed by atoms with Gasteiger partial charge in [0.15, 0.2) is 6.61 Å². The fourth-order valence-corrected chi connectivity index (χ4v) is 3.65. The molecule has 1 aromatic heterocycles. The van der Waals surface area contributed by atoms with Crippen LogP contribution in [0.3, 0.4) is 0 Å². The van der Waals surface area contributed by atoms with Crippen LogP contribution in [0.25, 0.3) is 0 Å². The van der Waals surface area contributed by atoms with E-state index in [0.29, 0.717) is 30.5 Å². The highest BCUT2D eigenvalue weighted by atomic mass is 35.5. The number of anilines is 1. The summed E-state index contributed by atoms with van der Waals surface area (Å²) < 4.78 is 6.57. The van der Waals surface area contributed by atoms with Crippen LogP contribution >= 0.6 is 23.4 Å². The fraction of sp³-hybridized carbons (Fsp3) is 0.333. The zero-order valence-electron chi connectivity index (χ0n) is 15.0. The maximum absolute atomic E-state index is 12.1. The number of carbonyl (C=O) groups excluding carboxylic acids is 3. The van der Waals surface area contributed by atoms with Crippen molar-refractivity contribution in [2.45, 2.75) is 13.0 Å². The van der Waals surface area contributed by atoms with Gasteiger partial charge in [-0.2, -0.15) is 5.10 Å². The highest BCUT2D eigenvalue weighted by Crippen LogP contribution is 2.18. The molecule has 1 N–H and O–H groups in total. The summed E-state index contributed by atoms with van der Waals surface area (Å²) in [5.41, 5.74) is 0.865. The van der Waals surface area contributed by atoms with Crippen molar-refractivity contribution in [2.75, 3.05) is 30.8 Å². The number of carbonyl (C=O) groups is 3. The molecule has 2 heterocycles. The lowest BCUT2D eigenvalue weighted by Crippen LogP contribution is -2.28. The molecule has 10 heteroatoms. The molecule has 28 heavy (non-hydrogen) atoms. The zero-order valence-corrected chi connectivity index (χ0v) is 16.5. The van der Waals surface area contributed by atoms with Crippen molar-refractivity contribution < 1.29 is 19.1 Å². The Labute approximate surface area is 171 Å². The lowest BCUT2D eigenvalue weighted by Gasteiger charge is -2.13. The number of rotatable bonds is 8. The normalized spacial score (nSPS) is 13.6. The van der Waals surface area contributed by atoms with Gasteiger partial charge >= 0.3 is 5.97 Å². The van der Waals surface area contributed by atoms with Crippen LogP contribution in [-0.2, 0) is 20.9 Å². The van der Waals surface area contributed by atoms with Crippen LogP contribution in [-0.4, -0.2) is 57.2 Å². The minimum absolute atomic E-state index is 0.0303. The van der Waals surface area contributed by atoms with Crippen molar-refractivity contribution in [3.8, 4) is 0 Å². The van der Waals surface area contributed by atoms with Gasteiger partial charge in [0, 0.05) is 29.9 Å².